The van der Waals surface area contributed by atoms with E-state index < -0.39 is 0 Å². The Morgan fingerprint density at radius 1 is 0.644 bits per heavy atom. The van der Waals surface area contributed by atoms with Crippen molar-refractivity contribution in [3.05, 3.63) is 20.9 Å². The maximum absolute atomic E-state index is 13.0. The third-order valence-electron chi connectivity index (χ3n) is 14.1. The first-order valence-corrected chi connectivity index (χ1v) is 31.5. The molecule has 0 aliphatic carbocycles. The summed E-state index contributed by atoms with van der Waals surface area (Å²) in [7, 11) is 3.98. The highest BCUT2D eigenvalue weighted by Crippen LogP contribution is 2.33. The topological polar surface area (TPSA) is 122 Å². The van der Waals surface area contributed by atoms with Crippen molar-refractivity contribution in [2.24, 2.45) is 5.92 Å². The summed E-state index contributed by atoms with van der Waals surface area (Å²) < 4.78 is 11.5. The Labute approximate surface area is 453 Å². The zero-order valence-electron chi connectivity index (χ0n) is 49.1. The number of unbranched alkanes of at least 4 members (excludes halogenated alkanes) is 24. The monoisotopic (exact) mass is 1050 g/mol. The first-order chi connectivity index (χ1) is 35.5. The van der Waals surface area contributed by atoms with Gasteiger partial charge in [0.2, 0.25) is 5.91 Å². The van der Waals surface area contributed by atoms with Gasteiger partial charge in [0.05, 0.1) is 24.6 Å². The highest BCUT2D eigenvalue weighted by Gasteiger charge is 2.28. The number of hydrogen-bond donors (Lipinski definition) is 1. The van der Waals surface area contributed by atoms with Gasteiger partial charge in [0.1, 0.15) is 12.4 Å². The van der Waals surface area contributed by atoms with E-state index in [0.29, 0.717) is 64.8 Å². The number of likely N-dealkylation sites (N-methyl/N-ethyl adjacent to an activating group) is 1. The largest absolute Gasteiger partial charge is 0.465 e. The number of hydrogen-bond acceptors (Lipinski definition) is 9. The van der Waals surface area contributed by atoms with Crippen LogP contribution in [0.15, 0.2) is 0 Å². The molecule has 0 radical (unpaired) electrons. The van der Waals surface area contributed by atoms with Crippen molar-refractivity contribution in [2.75, 3.05) is 40.3 Å². The molecule has 0 saturated carbocycles. The fourth-order valence-electron chi connectivity index (χ4n) is 9.57. The van der Waals surface area contributed by atoms with E-state index >= 15 is 0 Å². The van der Waals surface area contributed by atoms with Gasteiger partial charge >= 0.3 is 11.9 Å². The van der Waals surface area contributed by atoms with Crippen molar-refractivity contribution in [1.82, 2.24) is 15.1 Å². The summed E-state index contributed by atoms with van der Waals surface area (Å²) in [6.45, 7) is 18.1. The Hall–Kier alpha value is -2.79. The van der Waals surface area contributed by atoms with Crippen LogP contribution in [0.25, 0.3) is 0 Å². The third-order valence-corrected chi connectivity index (χ3v) is 15.2. The lowest BCUT2D eigenvalue weighted by molar-refractivity contribution is -0.150. The molecule has 1 aromatic heterocycles. The number of aldehydes is 1. The van der Waals surface area contributed by atoms with Gasteiger partial charge in [-0.15, -0.1) is 11.3 Å². The molecule has 2 heterocycles. The molecular formula is C62H115N3O7S. The molecule has 0 fully saturated rings. The molecule has 2 rings (SSSR count). The molecule has 1 aliphatic heterocycles. The SMILES string of the molecule is CC.CCCCCCCCC(CCCCCCCC)C(=O)OCCCCCC=O.CCCCCCCCC(CCCCCCCC)OC(=O)CCCCC(=O)N1CCc2c(sc(C)c2C(=O)NCCN(C)C)C1. The van der Waals surface area contributed by atoms with Gasteiger partial charge in [0, 0.05) is 48.7 Å². The molecule has 0 aromatic carbocycles. The number of esters is 2. The Morgan fingerprint density at radius 2 is 1.12 bits per heavy atom. The van der Waals surface area contributed by atoms with E-state index in [1.54, 1.807) is 11.3 Å². The lowest BCUT2D eigenvalue weighted by atomic mass is 9.94. The van der Waals surface area contributed by atoms with Gasteiger partial charge in [0.15, 0.2) is 0 Å². The van der Waals surface area contributed by atoms with Crippen molar-refractivity contribution >= 4 is 41.4 Å². The van der Waals surface area contributed by atoms with Crippen LogP contribution in [0.4, 0.5) is 0 Å². The number of nitrogens with one attached hydrogen (secondary N) is 1. The van der Waals surface area contributed by atoms with Gasteiger partial charge in [0.25, 0.3) is 5.91 Å². The molecule has 11 heteroatoms. The summed E-state index contributed by atoms with van der Waals surface area (Å²) in [4.78, 5) is 67.5. The summed E-state index contributed by atoms with van der Waals surface area (Å²) in [6.07, 6.45) is 41.5. The predicted octanol–water partition coefficient (Wildman–Crippen LogP) is 16.6. The molecule has 0 saturated heterocycles. The number of carbonyl (C=O) groups excluding carboxylic acids is 5. The van der Waals surface area contributed by atoms with Crippen molar-refractivity contribution in [2.45, 2.75) is 299 Å². The maximum atomic E-state index is 13.0. The quantitative estimate of drug-likeness (QED) is 0.0389. The molecule has 1 N–H and O–H groups in total. The molecular weight excluding hydrogens is 931 g/mol. The summed E-state index contributed by atoms with van der Waals surface area (Å²) in [5.41, 5.74) is 1.92. The smallest absolute Gasteiger partial charge is 0.308 e. The number of carbonyl (C=O) groups is 5. The maximum Gasteiger partial charge on any atom is 0.308 e. The Balaban J connectivity index is 0.00000153. The number of nitrogens with zero attached hydrogens (tertiary/aromatic N) is 2. The van der Waals surface area contributed by atoms with E-state index in [1.807, 2.05) is 44.7 Å². The van der Waals surface area contributed by atoms with Gasteiger partial charge in [-0.3, -0.25) is 19.2 Å². The second-order valence-corrected chi connectivity index (χ2v) is 22.3. The summed E-state index contributed by atoms with van der Waals surface area (Å²) >= 11 is 1.64. The Morgan fingerprint density at radius 3 is 1.63 bits per heavy atom. The van der Waals surface area contributed by atoms with Crippen LogP contribution in [0.3, 0.4) is 0 Å². The number of ether oxygens (including phenoxy) is 2. The molecule has 0 bridgehead atoms. The Kier molecular flexibility index (Phi) is 48.1. The van der Waals surface area contributed by atoms with Gasteiger partial charge < -0.3 is 29.4 Å². The number of fused-ring (bicyclic) bond motifs is 1. The van der Waals surface area contributed by atoms with Crippen molar-refractivity contribution in [3.63, 3.8) is 0 Å². The molecule has 10 nitrogen and oxygen atoms in total. The van der Waals surface area contributed by atoms with Crippen molar-refractivity contribution in [3.8, 4) is 0 Å². The van der Waals surface area contributed by atoms with Crippen LogP contribution in [-0.2, 0) is 41.6 Å². The lowest BCUT2D eigenvalue weighted by Crippen LogP contribution is -2.36. The van der Waals surface area contributed by atoms with E-state index in [9.17, 15) is 24.0 Å². The zero-order chi connectivity index (χ0) is 54.2. The highest BCUT2D eigenvalue weighted by atomic mass is 32.1. The van der Waals surface area contributed by atoms with E-state index in [2.05, 4.69) is 33.0 Å². The third kappa shape index (κ3) is 37.6. The van der Waals surface area contributed by atoms with Gasteiger partial charge in [-0.25, -0.2) is 0 Å². The summed E-state index contributed by atoms with van der Waals surface area (Å²) in [5, 5.41) is 3.04. The normalized spacial score (nSPS) is 12.0. The van der Waals surface area contributed by atoms with Crippen molar-refractivity contribution < 1.29 is 33.4 Å². The first-order valence-electron chi connectivity index (χ1n) is 30.6. The molecule has 0 unspecified atom stereocenters. The average molecular weight is 1050 g/mol. The zero-order valence-corrected chi connectivity index (χ0v) is 49.9. The molecule has 0 atom stereocenters. The second-order valence-electron chi connectivity index (χ2n) is 21.0. The minimum atomic E-state index is -0.104. The standard InChI is InChI=1S/C36H63N3O4S.C24H46O3.C2H6/c1-6-8-10-12-14-16-20-30(21-17-15-13-11-9-7-2)43-34(41)23-19-18-22-33(40)39-26-24-31-32(28-39)44-29(3)35(31)36(42)37-25-27-38(4)5;1-3-5-7-9-11-15-19-23(20-16-12-10-8-6-4-2)24(26)27-22-18-14-13-17-21-25;1-2/h30H,6-28H2,1-5H3,(H,37,42);21,23H,3-20,22H2,1-2H3;1-2H3. The summed E-state index contributed by atoms with van der Waals surface area (Å²) in [6, 6.07) is 0. The van der Waals surface area contributed by atoms with E-state index in [4.69, 9.17) is 9.47 Å². The van der Waals surface area contributed by atoms with Gasteiger partial charge in [-0.05, 0) is 104 Å². The average Bonchev–Trinajstić information content (AvgIpc) is 3.72. The number of amides is 2. The number of rotatable bonds is 45. The van der Waals surface area contributed by atoms with Gasteiger partial charge in [-0.1, -0.05) is 183 Å². The number of thiophene rings is 1. The van der Waals surface area contributed by atoms with E-state index in [-0.39, 0.29) is 35.8 Å². The Bertz CT molecular complexity index is 1470. The van der Waals surface area contributed by atoms with Crippen LogP contribution in [-0.4, -0.2) is 86.3 Å². The van der Waals surface area contributed by atoms with Crippen LogP contribution in [0.2, 0.25) is 0 Å². The predicted molar refractivity (Wildman–Crippen MR) is 310 cm³/mol. The van der Waals surface area contributed by atoms with Gasteiger partial charge in [-0.2, -0.15) is 0 Å². The fraction of sp³-hybridized carbons (Fsp3) is 0.855. The van der Waals surface area contributed by atoms with E-state index in [0.717, 1.165) is 104 Å². The summed E-state index contributed by atoms with van der Waals surface area (Å²) in [5.74, 6) is 0.142. The fourth-order valence-corrected chi connectivity index (χ4v) is 10.8. The number of aryl methyl sites for hydroxylation is 1. The minimum Gasteiger partial charge on any atom is -0.465 e. The van der Waals surface area contributed by atoms with Crippen molar-refractivity contribution in [1.29, 1.82) is 0 Å². The molecule has 73 heavy (non-hydrogen) atoms. The van der Waals surface area contributed by atoms with E-state index in [1.165, 1.54) is 128 Å². The highest BCUT2D eigenvalue weighted by molar-refractivity contribution is 7.12. The van der Waals surface area contributed by atoms with Crippen LogP contribution in [0.5, 0.6) is 0 Å². The minimum absolute atomic E-state index is 0.00491. The molecule has 0 spiro atoms. The first kappa shape index (κ1) is 70.2. The molecule has 426 valence electrons. The lowest BCUT2D eigenvalue weighted by Gasteiger charge is -2.27. The molecule has 2 amide bonds. The molecule has 1 aliphatic rings. The van der Waals surface area contributed by atoms with Crippen LogP contribution in [0, 0.1) is 12.8 Å². The van der Waals surface area contributed by atoms with Crippen LogP contribution < -0.4 is 5.32 Å². The molecule has 1 aromatic rings. The van der Waals surface area contributed by atoms with Crippen LogP contribution >= 0.6 is 11.3 Å². The van der Waals surface area contributed by atoms with Crippen LogP contribution in [0.1, 0.15) is 298 Å². The second kappa shape index (κ2) is 50.1.